The molecule has 1 fully saturated rings. The van der Waals surface area contributed by atoms with E-state index < -0.39 is 5.60 Å². The van der Waals surface area contributed by atoms with Crippen molar-refractivity contribution in [3.8, 4) is 0 Å². The van der Waals surface area contributed by atoms with Gasteiger partial charge in [-0.25, -0.2) is 0 Å². The van der Waals surface area contributed by atoms with Gasteiger partial charge >= 0.3 is 0 Å². The highest BCUT2D eigenvalue weighted by molar-refractivity contribution is 5.15. The fourth-order valence-corrected chi connectivity index (χ4v) is 3.34. The second-order valence-corrected chi connectivity index (χ2v) is 6.11. The molecule has 3 heteroatoms. The van der Waals surface area contributed by atoms with Gasteiger partial charge in [0.2, 0.25) is 0 Å². The van der Waals surface area contributed by atoms with Crippen LogP contribution in [0.5, 0.6) is 0 Å². The zero-order valence-electron chi connectivity index (χ0n) is 12.4. The van der Waals surface area contributed by atoms with E-state index in [4.69, 9.17) is 0 Å². The molecule has 1 aromatic heterocycles. The molecule has 2 unspecified atom stereocenters. The largest absolute Gasteiger partial charge is 0.385 e. The zero-order valence-corrected chi connectivity index (χ0v) is 12.4. The summed E-state index contributed by atoms with van der Waals surface area (Å²) in [4.78, 5) is 0. The molecule has 1 aliphatic rings. The summed E-state index contributed by atoms with van der Waals surface area (Å²) in [6.45, 7) is 5.34. The highest BCUT2D eigenvalue weighted by atomic mass is 16.3. The third kappa shape index (κ3) is 3.59. The van der Waals surface area contributed by atoms with Crippen molar-refractivity contribution < 1.29 is 5.11 Å². The fourth-order valence-electron chi connectivity index (χ4n) is 3.34. The van der Waals surface area contributed by atoms with Gasteiger partial charge in [0.15, 0.2) is 0 Å². The monoisotopic (exact) mass is 264 g/mol. The summed E-state index contributed by atoms with van der Waals surface area (Å²) in [6, 6.07) is 0. The summed E-state index contributed by atoms with van der Waals surface area (Å²) >= 11 is 0. The van der Waals surface area contributed by atoms with Crippen LogP contribution >= 0.6 is 0 Å². The third-order valence-corrected chi connectivity index (χ3v) is 4.49. The molecule has 0 bridgehead atoms. The molecule has 0 aliphatic heterocycles. The van der Waals surface area contributed by atoms with Crippen molar-refractivity contribution in [3.05, 3.63) is 18.0 Å². The van der Waals surface area contributed by atoms with Crippen molar-refractivity contribution in [2.45, 2.75) is 77.4 Å². The highest BCUT2D eigenvalue weighted by Crippen LogP contribution is 2.38. The number of hydrogen-bond acceptors (Lipinski definition) is 2. The van der Waals surface area contributed by atoms with Gasteiger partial charge < -0.3 is 5.11 Å². The van der Waals surface area contributed by atoms with Gasteiger partial charge in [0.25, 0.3) is 0 Å². The lowest BCUT2D eigenvalue weighted by atomic mass is 9.88. The van der Waals surface area contributed by atoms with Gasteiger partial charge in [-0.3, -0.25) is 4.68 Å². The predicted molar refractivity (Wildman–Crippen MR) is 77.9 cm³/mol. The maximum absolute atomic E-state index is 10.9. The Morgan fingerprint density at radius 3 is 2.89 bits per heavy atom. The number of hydrogen-bond donors (Lipinski definition) is 1. The van der Waals surface area contributed by atoms with Crippen LogP contribution in [0.3, 0.4) is 0 Å². The number of nitrogens with zero attached hydrogens (tertiary/aromatic N) is 2. The summed E-state index contributed by atoms with van der Waals surface area (Å²) in [5.41, 5.74) is 0.396. The molecular formula is C16H28N2O. The highest BCUT2D eigenvalue weighted by Gasteiger charge is 2.33. The number of rotatable bonds is 5. The number of aromatic nitrogens is 2. The molecule has 0 amide bonds. The molecular weight excluding hydrogens is 236 g/mol. The maximum Gasteiger partial charge on any atom is 0.0927 e. The van der Waals surface area contributed by atoms with E-state index in [1.165, 1.54) is 19.3 Å². The lowest BCUT2D eigenvalue weighted by Crippen LogP contribution is -2.24. The molecule has 1 heterocycles. The summed E-state index contributed by atoms with van der Waals surface area (Å²) in [6.07, 6.45) is 12.9. The SMILES string of the molecule is CCCC1CCCC(O)(c2cnn(CCC)c2)CC1. The Hall–Kier alpha value is -0.830. The van der Waals surface area contributed by atoms with Crippen LogP contribution in [0.25, 0.3) is 0 Å². The van der Waals surface area contributed by atoms with Crippen molar-refractivity contribution in [1.29, 1.82) is 0 Å². The van der Waals surface area contributed by atoms with Crippen LogP contribution in [0.2, 0.25) is 0 Å². The Kier molecular flexibility index (Phi) is 5.03. The average molecular weight is 264 g/mol. The first kappa shape index (κ1) is 14.6. The van der Waals surface area contributed by atoms with E-state index in [0.29, 0.717) is 0 Å². The summed E-state index contributed by atoms with van der Waals surface area (Å²) in [5, 5.41) is 15.3. The fraction of sp³-hybridized carbons (Fsp3) is 0.812. The Bertz CT molecular complexity index is 388. The average Bonchev–Trinajstić information content (AvgIpc) is 2.78. The van der Waals surface area contributed by atoms with Gasteiger partial charge in [0.05, 0.1) is 11.8 Å². The van der Waals surface area contributed by atoms with Crippen molar-refractivity contribution in [2.24, 2.45) is 5.92 Å². The molecule has 2 atom stereocenters. The Balaban J connectivity index is 2.04. The molecule has 1 aliphatic carbocycles. The molecule has 0 spiro atoms. The molecule has 2 rings (SSSR count). The summed E-state index contributed by atoms with van der Waals surface area (Å²) in [7, 11) is 0. The van der Waals surface area contributed by atoms with Crippen molar-refractivity contribution in [3.63, 3.8) is 0 Å². The van der Waals surface area contributed by atoms with Gasteiger partial charge in [-0.2, -0.15) is 5.10 Å². The van der Waals surface area contributed by atoms with Crippen LogP contribution in [-0.2, 0) is 12.1 Å². The first-order chi connectivity index (χ1) is 9.18. The third-order valence-electron chi connectivity index (χ3n) is 4.49. The van der Waals surface area contributed by atoms with Gasteiger partial charge in [0, 0.05) is 18.3 Å². The van der Waals surface area contributed by atoms with Crippen LogP contribution in [-0.4, -0.2) is 14.9 Å². The molecule has 0 radical (unpaired) electrons. The first-order valence-electron chi connectivity index (χ1n) is 7.93. The van der Waals surface area contributed by atoms with Gasteiger partial charge in [-0.05, 0) is 38.0 Å². The quantitative estimate of drug-likeness (QED) is 0.820. The molecule has 1 N–H and O–H groups in total. The number of aryl methyl sites for hydroxylation is 1. The van der Waals surface area contributed by atoms with Crippen LogP contribution < -0.4 is 0 Å². The smallest absolute Gasteiger partial charge is 0.0927 e. The van der Waals surface area contributed by atoms with E-state index in [-0.39, 0.29) is 0 Å². The minimum atomic E-state index is -0.630. The Morgan fingerprint density at radius 2 is 2.16 bits per heavy atom. The normalized spacial score (nSPS) is 28.3. The van der Waals surface area contributed by atoms with Gasteiger partial charge in [0.1, 0.15) is 0 Å². The molecule has 108 valence electrons. The van der Waals surface area contributed by atoms with Gasteiger partial charge in [-0.1, -0.05) is 33.1 Å². The molecule has 0 aromatic carbocycles. The number of aliphatic hydroxyl groups is 1. The van der Waals surface area contributed by atoms with E-state index in [0.717, 1.165) is 50.1 Å². The van der Waals surface area contributed by atoms with Crippen molar-refractivity contribution >= 4 is 0 Å². The van der Waals surface area contributed by atoms with Crippen LogP contribution in [0.4, 0.5) is 0 Å². The van der Waals surface area contributed by atoms with Crippen LogP contribution in [0.15, 0.2) is 12.4 Å². The van der Waals surface area contributed by atoms with Crippen molar-refractivity contribution in [2.75, 3.05) is 0 Å². The summed E-state index contributed by atoms with van der Waals surface area (Å²) in [5.74, 6) is 0.810. The topological polar surface area (TPSA) is 38.1 Å². The minimum absolute atomic E-state index is 0.630. The van der Waals surface area contributed by atoms with Crippen molar-refractivity contribution in [1.82, 2.24) is 9.78 Å². The van der Waals surface area contributed by atoms with E-state index >= 15 is 0 Å². The lowest BCUT2D eigenvalue weighted by molar-refractivity contribution is 0.0194. The Labute approximate surface area is 117 Å². The zero-order chi connectivity index (χ0) is 13.7. The summed E-state index contributed by atoms with van der Waals surface area (Å²) < 4.78 is 1.96. The standard InChI is InChI=1S/C16H28N2O/c1-3-6-14-7-5-9-16(19,10-8-14)15-12-17-18(13-15)11-4-2/h12-14,19H,3-11H2,1-2H3. The van der Waals surface area contributed by atoms with E-state index in [2.05, 4.69) is 18.9 Å². The molecule has 1 aromatic rings. The molecule has 19 heavy (non-hydrogen) atoms. The van der Waals surface area contributed by atoms with E-state index in [1.807, 2.05) is 17.1 Å². The Morgan fingerprint density at radius 1 is 1.32 bits per heavy atom. The van der Waals surface area contributed by atoms with E-state index in [1.54, 1.807) is 0 Å². The second-order valence-electron chi connectivity index (χ2n) is 6.11. The molecule has 3 nitrogen and oxygen atoms in total. The predicted octanol–water partition coefficient (Wildman–Crippen LogP) is 3.86. The second kappa shape index (κ2) is 6.56. The van der Waals surface area contributed by atoms with Crippen LogP contribution in [0, 0.1) is 5.92 Å². The van der Waals surface area contributed by atoms with Gasteiger partial charge in [-0.15, -0.1) is 0 Å². The first-order valence-corrected chi connectivity index (χ1v) is 7.93. The van der Waals surface area contributed by atoms with Crippen LogP contribution in [0.1, 0.15) is 70.8 Å². The minimum Gasteiger partial charge on any atom is -0.385 e. The lowest BCUT2D eigenvalue weighted by Gasteiger charge is -2.25. The maximum atomic E-state index is 10.9. The van der Waals surface area contributed by atoms with E-state index in [9.17, 15) is 5.11 Å². The molecule has 0 saturated heterocycles. The molecule has 1 saturated carbocycles.